The summed E-state index contributed by atoms with van der Waals surface area (Å²) in [4.78, 5) is 35.8. The summed E-state index contributed by atoms with van der Waals surface area (Å²) >= 11 is 5.88. The maximum absolute atomic E-state index is 13.8. The molecule has 0 spiro atoms. The van der Waals surface area contributed by atoms with Gasteiger partial charge in [-0.25, -0.2) is 4.39 Å². The molecule has 1 aliphatic carbocycles. The van der Waals surface area contributed by atoms with Crippen LogP contribution >= 0.6 is 11.6 Å². The molecule has 3 amide bonds. The highest BCUT2D eigenvalue weighted by molar-refractivity contribution is 6.34. The molecule has 0 aliphatic heterocycles. The van der Waals surface area contributed by atoms with Crippen molar-refractivity contribution in [3.8, 4) is 0 Å². The second kappa shape index (κ2) is 8.84. The number of carbonyl (C=O) groups excluding carboxylic acids is 3. The molecule has 0 radical (unpaired) electrons. The van der Waals surface area contributed by atoms with Gasteiger partial charge in [-0.3, -0.25) is 14.4 Å². The number of benzene rings is 2. The van der Waals surface area contributed by atoms with Gasteiger partial charge in [0.2, 0.25) is 5.91 Å². The van der Waals surface area contributed by atoms with Crippen LogP contribution in [0, 0.1) is 11.7 Å². The molecule has 0 saturated heterocycles. The van der Waals surface area contributed by atoms with Crippen LogP contribution in [0.2, 0.25) is 5.02 Å². The number of nitrogens with one attached hydrogen (secondary N) is 3. The minimum atomic E-state index is -0.713. The summed E-state index contributed by atoms with van der Waals surface area (Å²) in [5.74, 6) is -1.51. The second-order valence-electron chi connectivity index (χ2n) is 6.45. The van der Waals surface area contributed by atoms with Crippen LogP contribution in [0.1, 0.15) is 33.6 Å². The van der Waals surface area contributed by atoms with Gasteiger partial charge in [-0.2, -0.15) is 0 Å². The van der Waals surface area contributed by atoms with Crippen molar-refractivity contribution in [2.45, 2.75) is 12.8 Å². The Morgan fingerprint density at radius 1 is 0.964 bits per heavy atom. The standard InChI is InChI=1S/C20H19ClFN3O3/c21-15-2-1-3-16(22)17(15)20(28)25-14-8-6-13(7-9-14)19(27)24-11-10-23-18(26)12-4-5-12/h1-3,6-9,12H,4-5,10-11H2,(H,23,26)(H,24,27)(H,25,28). The Labute approximate surface area is 166 Å². The van der Waals surface area contributed by atoms with Crippen molar-refractivity contribution in [2.24, 2.45) is 5.92 Å². The van der Waals surface area contributed by atoms with Crippen molar-refractivity contribution in [3.63, 3.8) is 0 Å². The van der Waals surface area contributed by atoms with E-state index in [0.29, 0.717) is 24.3 Å². The Morgan fingerprint density at radius 3 is 2.29 bits per heavy atom. The zero-order valence-corrected chi connectivity index (χ0v) is 15.7. The first-order valence-corrected chi connectivity index (χ1v) is 9.25. The first-order valence-electron chi connectivity index (χ1n) is 8.87. The third kappa shape index (κ3) is 5.07. The van der Waals surface area contributed by atoms with Gasteiger partial charge in [0.05, 0.1) is 10.6 Å². The Balaban J connectivity index is 1.50. The molecule has 2 aromatic rings. The summed E-state index contributed by atoms with van der Waals surface area (Å²) in [6.45, 7) is 0.695. The Hall–Kier alpha value is -2.93. The maximum atomic E-state index is 13.8. The van der Waals surface area contributed by atoms with Gasteiger partial charge in [0, 0.05) is 30.3 Å². The largest absolute Gasteiger partial charge is 0.354 e. The van der Waals surface area contributed by atoms with Gasteiger partial charge in [-0.1, -0.05) is 17.7 Å². The molecular weight excluding hydrogens is 385 g/mol. The third-order valence-electron chi connectivity index (χ3n) is 4.25. The van der Waals surface area contributed by atoms with Gasteiger partial charge in [0.1, 0.15) is 5.82 Å². The normalized spacial score (nSPS) is 12.9. The van der Waals surface area contributed by atoms with Crippen LogP contribution in [0.25, 0.3) is 0 Å². The van der Waals surface area contributed by atoms with Gasteiger partial charge in [-0.05, 0) is 49.2 Å². The van der Waals surface area contributed by atoms with E-state index >= 15 is 0 Å². The van der Waals surface area contributed by atoms with E-state index in [1.165, 1.54) is 36.4 Å². The average Bonchev–Trinajstić information content (AvgIpc) is 3.50. The zero-order chi connectivity index (χ0) is 20.1. The first-order chi connectivity index (χ1) is 13.5. The second-order valence-corrected chi connectivity index (χ2v) is 6.86. The average molecular weight is 404 g/mol. The number of amides is 3. The van der Waals surface area contributed by atoms with Gasteiger partial charge in [0.25, 0.3) is 11.8 Å². The summed E-state index contributed by atoms with van der Waals surface area (Å²) in [7, 11) is 0. The van der Waals surface area contributed by atoms with Gasteiger partial charge in [-0.15, -0.1) is 0 Å². The highest BCUT2D eigenvalue weighted by Crippen LogP contribution is 2.28. The van der Waals surface area contributed by atoms with E-state index in [2.05, 4.69) is 16.0 Å². The molecule has 0 heterocycles. The molecule has 1 fully saturated rings. The molecule has 1 aliphatic rings. The lowest BCUT2D eigenvalue weighted by Gasteiger charge is -2.09. The summed E-state index contributed by atoms with van der Waals surface area (Å²) < 4.78 is 13.8. The van der Waals surface area contributed by atoms with Gasteiger partial charge >= 0.3 is 0 Å². The molecule has 2 aromatic carbocycles. The predicted molar refractivity (Wildman–Crippen MR) is 104 cm³/mol. The van der Waals surface area contributed by atoms with Crippen molar-refractivity contribution in [3.05, 3.63) is 64.4 Å². The van der Waals surface area contributed by atoms with E-state index in [1.807, 2.05) is 0 Å². The lowest BCUT2D eigenvalue weighted by Crippen LogP contribution is -2.35. The van der Waals surface area contributed by atoms with Crippen molar-refractivity contribution in [1.82, 2.24) is 10.6 Å². The van der Waals surface area contributed by atoms with Crippen molar-refractivity contribution < 1.29 is 18.8 Å². The summed E-state index contributed by atoms with van der Waals surface area (Å²) in [6, 6.07) is 10.2. The van der Waals surface area contributed by atoms with E-state index in [1.54, 1.807) is 0 Å². The molecule has 3 rings (SSSR count). The summed E-state index contributed by atoms with van der Waals surface area (Å²) in [5, 5.41) is 8.03. The summed E-state index contributed by atoms with van der Waals surface area (Å²) in [6.07, 6.45) is 1.87. The number of halogens is 2. The Morgan fingerprint density at radius 2 is 1.64 bits per heavy atom. The fraction of sp³-hybridized carbons (Fsp3) is 0.250. The quantitative estimate of drug-likeness (QED) is 0.621. The highest BCUT2D eigenvalue weighted by atomic mass is 35.5. The molecule has 146 valence electrons. The van der Waals surface area contributed by atoms with Crippen molar-refractivity contribution >= 4 is 35.0 Å². The smallest absolute Gasteiger partial charge is 0.260 e. The van der Waals surface area contributed by atoms with Crippen LogP contribution in [0.5, 0.6) is 0 Å². The monoisotopic (exact) mass is 403 g/mol. The fourth-order valence-corrected chi connectivity index (χ4v) is 2.82. The molecule has 8 heteroatoms. The van der Waals surface area contributed by atoms with Crippen LogP contribution in [0.3, 0.4) is 0 Å². The molecule has 0 unspecified atom stereocenters. The number of carbonyl (C=O) groups is 3. The molecule has 6 nitrogen and oxygen atoms in total. The lowest BCUT2D eigenvalue weighted by molar-refractivity contribution is -0.122. The number of anilines is 1. The molecule has 1 saturated carbocycles. The van der Waals surface area contributed by atoms with E-state index in [9.17, 15) is 18.8 Å². The maximum Gasteiger partial charge on any atom is 0.260 e. The molecule has 0 aromatic heterocycles. The third-order valence-corrected chi connectivity index (χ3v) is 4.57. The van der Waals surface area contributed by atoms with Crippen LogP contribution in [-0.4, -0.2) is 30.8 Å². The van der Waals surface area contributed by atoms with Crippen LogP contribution < -0.4 is 16.0 Å². The minimum Gasteiger partial charge on any atom is -0.354 e. The zero-order valence-electron chi connectivity index (χ0n) is 14.9. The van der Waals surface area contributed by atoms with E-state index < -0.39 is 11.7 Å². The van der Waals surface area contributed by atoms with Gasteiger partial charge in [0.15, 0.2) is 0 Å². The number of hydrogen-bond acceptors (Lipinski definition) is 3. The summed E-state index contributed by atoms with van der Waals surface area (Å²) in [5.41, 5.74) is 0.562. The SMILES string of the molecule is O=C(NCCNC(=O)C1CC1)c1ccc(NC(=O)c2c(F)cccc2Cl)cc1. The van der Waals surface area contributed by atoms with Crippen LogP contribution in [0.15, 0.2) is 42.5 Å². The van der Waals surface area contributed by atoms with Crippen molar-refractivity contribution in [1.29, 1.82) is 0 Å². The Bertz CT molecular complexity index is 878. The predicted octanol–water partition coefficient (Wildman–Crippen LogP) is 2.99. The molecule has 3 N–H and O–H groups in total. The van der Waals surface area contributed by atoms with E-state index in [4.69, 9.17) is 11.6 Å². The number of hydrogen-bond donors (Lipinski definition) is 3. The van der Waals surface area contributed by atoms with Crippen LogP contribution in [-0.2, 0) is 4.79 Å². The van der Waals surface area contributed by atoms with E-state index in [-0.39, 0.29) is 28.3 Å². The molecule has 0 bridgehead atoms. The fourth-order valence-electron chi connectivity index (χ4n) is 2.57. The number of rotatable bonds is 7. The lowest BCUT2D eigenvalue weighted by atomic mass is 10.1. The minimum absolute atomic E-state index is 0.0160. The van der Waals surface area contributed by atoms with Crippen LogP contribution in [0.4, 0.5) is 10.1 Å². The van der Waals surface area contributed by atoms with Crippen molar-refractivity contribution in [2.75, 3.05) is 18.4 Å². The Kier molecular flexibility index (Phi) is 6.26. The first kappa shape index (κ1) is 19.8. The molecule has 28 heavy (non-hydrogen) atoms. The molecule has 0 atom stereocenters. The highest BCUT2D eigenvalue weighted by Gasteiger charge is 2.29. The molecular formula is C20H19ClFN3O3. The topological polar surface area (TPSA) is 87.3 Å². The van der Waals surface area contributed by atoms with Gasteiger partial charge < -0.3 is 16.0 Å². The van der Waals surface area contributed by atoms with E-state index in [0.717, 1.165) is 18.9 Å².